The molecule has 1 aromatic carbocycles. The number of aromatic hydroxyl groups is 1. The van der Waals surface area contributed by atoms with Gasteiger partial charge in [-0.1, -0.05) is 12.1 Å². The average Bonchev–Trinajstić information content (AvgIpc) is 2.58. The van der Waals surface area contributed by atoms with Crippen molar-refractivity contribution in [2.75, 3.05) is 18.4 Å². The molecule has 23 heavy (non-hydrogen) atoms. The van der Waals surface area contributed by atoms with Gasteiger partial charge in [-0.25, -0.2) is 0 Å². The highest BCUT2D eigenvalue weighted by atomic mass is 16.3. The molecule has 0 spiro atoms. The molecule has 0 saturated carbocycles. The molecule has 0 aliphatic heterocycles. The van der Waals surface area contributed by atoms with Gasteiger partial charge in [-0.3, -0.25) is 14.6 Å². The average molecular weight is 313 g/mol. The van der Waals surface area contributed by atoms with Gasteiger partial charge in [-0.05, 0) is 43.2 Å². The zero-order chi connectivity index (χ0) is 16.7. The predicted molar refractivity (Wildman–Crippen MR) is 86.9 cm³/mol. The number of hydrogen-bond acceptors (Lipinski definition) is 4. The molecule has 0 aliphatic rings. The quantitative estimate of drug-likeness (QED) is 0.651. The smallest absolute Gasteiger partial charge is 0.314 e. The Bertz CT molecular complexity index is 674. The summed E-state index contributed by atoms with van der Waals surface area (Å²) in [5.74, 6) is -1.46. The van der Waals surface area contributed by atoms with Crippen LogP contribution in [0.3, 0.4) is 0 Å². The lowest BCUT2D eigenvalue weighted by molar-refractivity contribution is -0.143. The molecule has 0 bridgehead atoms. The van der Waals surface area contributed by atoms with Crippen molar-refractivity contribution < 1.29 is 14.7 Å². The van der Waals surface area contributed by atoms with Crippen molar-refractivity contribution in [3.05, 3.63) is 54.4 Å². The van der Waals surface area contributed by atoms with E-state index in [0.717, 1.165) is 5.56 Å². The van der Waals surface area contributed by atoms with Crippen LogP contribution in [0.4, 0.5) is 5.69 Å². The number of pyridine rings is 1. The van der Waals surface area contributed by atoms with Crippen molar-refractivity contribution in [2.24, 2.45) is 0 Å². The topological polar surface area (TPSA) is 82.5 Å². The van der Waals surface area contributed by atoms with Crippen LogP contribution in [-0.4, -0.2) is 39.9 Å². The molecule has 1 aromatic heterocycles. The normalized spacial score (nSPS) is 10.1. The van der Waals surface area contributed by atoms with Gasteiger partial charge >= 0.3 is 11.8 Å². The summed E-state index contributed by atoms with van der Waals surface area (Å²) >= 11 is 0. The molecule has 2 amide bonds. The first-order valence-corrected chi connectivity index (χ1v) is 7.39. The molecule has 0 saturated heterocycles. The second-order valence-electron chi connectivity index (χ2n) is 4.96. The van der Waals surface area contributed by atoms with Crippen LogP contribution < -0.4 is 5.32 Å². The van der Waals surface area contributed by atoms with Crippen LogP contribution in [0, 0.1) is 0 Å². The summed E-state index contributed by atoms with van der Waals surface area (Å²) in [7, 11) is 0. The molecule has 0 atom stereocenters. The fourth-order valence-electron chi connectivity index (χ4n) is 2.12. The maximum Gasteiger partial charge on any atom is 0.314 e. The number of carbonyl (C=O) groups excluding carboxylic acids is 2. The predicted octanol–water partition coefficient (Wildman–Crippen LogP) is 1.82. The summed E-state index contributed by atoms with van der Waals surface area (Å²) in [6, 6.07) is 10.0. The molecule has 2 aromatic rings. The Morgan fingerprint density at radius 2 is 1.87 bits per heavy atom. The first-order valence-electron chi connectivity index (χ1n) is 7.39. The molecule has 120 valence electrons. The van der Waals surface area contributed by atoms with Crippen LogP contribution in [0.5, 0.6) is 5.75 Å². The summed E-state index contributed by atoms with van der Waals surface area (Å²) in [5, 5.41) is 12.1. The number of rotatable bonds is 5. The molecular formula is C17H19N3O3. The Balaban J connectivity index is 1.96. The number of carbonyl (C=O) groups is 2. The van der Waals surface area contributed by atoms with Gasteiger partial charge in [0.2, 0.25) is 0 Å². The van der Waals surface area contributed by atoms with Crippen LogP contribution in [0.1, 0.15) is 12.5 Å². The minimum Gasteiger partial charge on any atom is -0.506 e. The first kappa shape index (κ1) is 16.5. The fraction of sp³-hybridized carbons (Fsp3) is 0.235. The van der Waals surface area contributed by atoms with Crippen molar-refractivity contribution in [2.45, 2.75) is 13.3 Å². The summed E-state index contributed by atoms with van der Waals surface area (Å²) in [6.07, 6.45) is 4.03. The minimum atomic E-state index is -0.761. The summed E-state index contributed by atoms with van der Waals surface area (Å²) in [5.41, 5.74) is 1.27. The van der Waals surface area contributed by atoms with E-state index in [0.29, 0.717) is 19.5 Å². The third-order valence-electron chi connectivity index (χ3n) is 3.44. The van der Waals surface area contributed by atoms with Crippen molar-refractivity contribution in [1.82, 2.24) is 9.88 Å². The highest BCUT2D eigenvalue weighted by Gasteiger charge is 2.21. The zero-order valence-electron chi connectivity index (χ0n) is 12.9. The van der Waals surface area contributed by atoms with Gasteiger partial charge in [0.05, 0.1) is 5.69 Å². The Labute approximate surface area is 134 Å². The molecular weight excluding hydrogens is 294 g/mol. The molecule has 0 unspecified atom stereocenters. The number of benzene rings is 1. The van der Waals surface area contributed by atoms with Gasteiger partial charge in [-0.15, -0.1) is 0 Å². The van der Waals surface area contributed by atoms with Crippen LogP contribution >= 0.6 is 0 Å². The lowest BCUT2D eigenvalue weighted by Crippen LogP contribution is -2.40. The minimum absolute atomic E-state index is 0.0755. The Morgan fingerprint density at radius 1 is 1.17 bits per heavy atom. The van der Waals surface area contributed by atoms with E-state index in [9.17, 15) is 14.7 Å². The molecule has 0 radical (unpaired) electrons. The van der Waals surface area contributed by atoms with Crippen molar-refractivity contribution in [1.29, 1.82) is 0 Å². The monoisotopic (exact) mass is 313 g/mol. The molecule has 0 aliphatic carbocycles. The van der Waals surface area contributed by atoms with E-state index < -0.39 is 11.8 Å². The van der Waals surface area contributed by atoms with Crippen LogP contribution in [0.2, 0.25) is 0 Å². The van der Waals surface area contributed by atoms with Crippen molar-refractivity contribution in [3.8, 4) is 5.75 Å². The molecule has 0 fully saturated rings. The molecule has 1 heterocycles. The number of nitrogens with zero attached hydrogens (tertiary/aromatic N) is 2. The third-order valence-corrected chi connectivity index (χ3v) is 3.44. The number of phenolic OH excluding ortho intramolecular Hbond substituents is 1. The van der Waals surface area contributed by atoms with Crippen LogP contribution in [-0.2, 0) is 16.0 Å². The molecule has 6 nitrogen and oxygen atoms in total. The molecule has 6 heteroatoms. The van der Waals surface area contributed by atoms with Crippen molar-refractivity contribution >= 4 is 17.5 Å². The standard InChI is InChI=1S/C17H19N3O3/c1-2-20(12-9-13-7-10-18-11-8-13)17(23)16(22)19-14-5-3-4-6-15(14)21/h3-8,10-11,21H,2,9,12H2,1H3,(H,19,22). The number of para-hydroxylation sites is 2. The Hall–Kier alpha value is -2.89. The zero-order valence-corrected chi connectivity index (χ0v) is 12.9. The lowest BCUT2D eigenvalue weighted by Gasteiger charge is -2.20. The highest BCUT2D eigenvalue weighted by molar-refractivity contribution is 6.39. The second kappa shape index (κ2) is 7.93. The maximum atomic E-state index is 12.2. The van der Waals surface area contributed by atoms with Gasteiger partial charge in [-0.2, -0.15) is 0 Å². The van der Waals surface area contributed by atoms with E-state index in [2.05, 4.69) is 10.3 Å². The van der Waals surface area contributed by atoms with E-state index in [1.54, 1.807) is 24.5 Å². The molecule has 2 rings (SSSR count). The number of likely N-dealkylation sites (N-methyl/N-ethyl adjacent to an activating group) is 1. The van der Waals surface area contributed by atoms with Gasteiger partial charge in [0.1, 0.15) is 5.75 Å². The second-order valence-corrected chi connectivity index (χ2v) is 4.96. The summed E-state index contributed by atoms with van der Waals surface area (Å²) in [4.78, 5) is 29.7. The number of anilines is 1. The fourth-order valence-corrected chi connectivity index (χ4v) is 2.12. The SMILES string of the molecule is CCN(CCc1ccncc1)C(=O)C(=O)Nc1ccccc1O. The van der Waals surface area contributed by atoms with E-state index >= 15 is 0 Å². The van der Waals surface area contributed by atoms with E-state index in [1.165, 1.54) is 17.0 Å². The maximum absolute atomic E-state index is 12.2. The highest BCUT2D eigenvalue weighted by Crippen LogP contribution is 2.21. The number of nitrogens with one attached hydrogen (secondary N) is 1. The van der Waals surface area contributed by atoms with E-state index in [-0.39, 0.29) is 11.4 Å². The van der Waals surface area contributed by atoms with E-state index in [1.807, 2.05) is 19.1 Å². The number of phenols is 1. The lowest BCUT2D eigenvalue weighted by atomic mass is 10.2. The third kappa shape index (κ3) is 4.54. The van der Waals surface area contributed by atoms with Crippen molar-refractivity contribution in [3.63, 3.8) is 0 Å². The van der Waals surface area contributed by atoms with Crippen LogP contribution in [0.25, 0.3) is 0 Å². The van der Waals surface area contributed by atoms with Crippen LogP contribution in [0.15, 0.2) is 48.8 Å². The summed E-state index contributed by atoms with van der Waals surface area (Å²) in [6.45, 7) is 2.68. The van der Waals surface area contributed by atoms with E-state index in [4.69, 9.17) is 0 Å². The van der Waals surface area contributed by atoms with Gasteiger partial charge in [0, 0.05) is 25.5 Å². The Kier molecular flexibility index (Phi) is 5.68. The molecule has 2 N–H and O–H groups in total. The summed E-state index contributed by atoms with van der Waals surface area (Å²) < 4.78 is 0. The largest absolute Gasteiger partial charge is 0.506 e. The van der Waals surface area contributed by atoms with Gasteiger partial charge < -0.3 is 15.3 Å². The number of hydrogen-bond donors (Lipinski definition) is 2. The number of amides is 2. The van der Waals surface area contributed by atoms with Gasteiger partial charge in [0.15, 0.2) is 0 Å². The Morgan fingerprint density at radius 3 is 2.52 bits per heavy atom. The van der Waals surface area contributed by atoms with Gasteiger partial charge in [0.25, 0.3) is 0 Å². The number of aromatic nitrogens is 1. The first-order chi connectivity index (χ1) is 11.1.